The zero-order valence-electron chi connectivity index (χ0n) is 54.7. The molecule has 99 heavy (non-hydrogen) atoms. The third-order valence-corrected chi connectivity index (χ3v) is 20.3. The largest absolute Gasteiger partial charge is 1.00 e. The Kier molecular flexibility index (Phi) is 35.9. The predicted octanol–water partition coefficient (Wildman–Crippen LogP) is -2.79. The minimum Gasteiger partial charge on any atom is -1.00 e. The van der Waals surface area contributed by atoms with Crippen molar-refractivity contribution in [2.45, 2.75) is 33.9 Å². The van der Waals surface area contributed by atoms with Crippen LogP contribution in [0.1, 0.15) is 20.8 Å². The zero-order chi connectivity index (χ0) is 66.2. The average molecular weight is 1610 g/mol. The van der Waals surface area contributed by atoms with Crippen molar-refractivity contribution >= 4 is 38.5 Å². The van der Waals surface area contributed by atoms with Crippen LogP contribution >= 0.6 is 38.5 Å². The second-order valence-electron chi connectivity index (χ2n) is 21.2. The molecule has 29 heteroatoms. The van der Waals surface area contributed by atoms with Crippen molar-refractivity contribution in [3.05, 3.63) is 276 Å². The molecule has 0 fully saturated rings. The van der Waals surface area contributed by atoms with Crippen LogP contribution in [0.25, 0.3) is 67.5 Å². The van der Waals surface area contributed by atoms with Crippen molar-refractivity contribution in [1.82, 2.24) is 33.6 Å². The normalized spacial score (nSPS) is 11.3. The molecular weight excluding hydrogens is 1530 g/mol. The van der Waals surface area contributed by atoms with Gasteiger partial charge in [-0.3, -0.25) is 18.7 Å². The lowest BCUT2D eigenvalue weighted by atomic mass is 10.1. The van der Waals surface area contributed by atoms with E-state index in [9.17, 15) is 13.7 Å². The van der Waals surface area contributed by atoms with Gasteiger partial charge in [-0.15, -0.1) is 0 Å². The summed E-state index contributed by atoms with van der Waals surface area (Å²) < 4.78 is 66.5. The minimum atomic E-state index is -3.98. The van der Waals surface area contributed by atoms with Crippen molar-refractivity contribution in [3.63, 3.8) is 0 Å². The highest BCUT2D eigenvalue weighted by Crippen LogP contribution is 2.47. The number of aryl methyl sites for hydroxylation is 2. The lowest BCUT2D eigenvalue weighted by molar-refractivity contribution is -0.692. The average Bonchev–Trinajstić information content (AvgIpc) is 1.45. The topological polar surface area (TPSA) is 205 Å². The first-order valence-corrected chi connectivity index (χ1v) is 37.4. The molecule has 1 atom stereocenters. The lowest BCUT2D eigenvalue weighted by Crippen LogP contribution is -3.00. The lowest BCUT2D eigenvalue weighted by Gasteiger charge is -2.15. The molecule has 9 heterocycles. The van der Waals surface area contributed by atoms with Crippen molar-refractivity contribution in [2.75, 3.05) is 50.3 Å². The minimum absolute atomic E-state index is 0. The van der Waals surface area contributed by atoms with Gasteiger partial charge in [-0.25, -0.2) is 24.1 Å². The number of nitrogens with zero attached hydrogens (tertiary/aromatic N) is 12. The van der Waals surface area contributed by atoms with Gasteiger partial charge in [0.15, 0.2) is 75.1 Å². The highest BCUT2D eigenvalue weighted by molar-refractivity contribution is 9.09. The molecule has 0 bridgehead atoms. The van der Waals surface area contributed by atoms with Crippen LogP contribution in [0, 0.1) is 0 Å². The predicted molar refractivity (Wildman–Crippen MR) is 366 cm³/mol. The standard InChI is InChI=1S/C25H29N4O3P.C21H19N4O3P.C19H15N4.C5H12BrO2P.BrH.4ClH/c1-3-31-33(30,32-4-2)20-19-27-14-9-22(10-15-27)23-11-16-28(17-12-23)24-5-7-25(8-6-24)29-18-13-26-21-29;26-29(27,28)16-15-23-10-5-18(6-11-23)19-7-12-24(13-8-19)20-1-3-21(4-2-20)25-14-9-22-17-25;1-3-19(23-14-11-21-15-23)4-2-18(1)22-12-7-17(8-13-22)16-5-9-20-10-6-16;1-3-8-9(2,7)5-4-6;;;;;/h5-18,21H,3-4,19-20H2,1-2H3;1-14,17H,15-16H2;1-15H;3-5H2,1-2H3;5*1H/q+2;;+1;;;;;;/p-3. The van der Waals surface area contributed by atoms with E-state index in [2.05, 4.69) is 167 Å². The van der Waals surface area contributed by atoms with Crippen LogP contribution in [-0.2, 0) is 40.4 Å². The van der Waals surface area contributed by atoms with Gasteiger partial charge in [0.25, 0.3) is 0 Å². The molecule has 0 aliphatic heterocycles. The second-order valence-corrected chi connectivity index (χ2v) is 28.7. The molecule has 0 saturated heterocycles. The maximum atomic E-state index is 12.6. The summed E-state index contributed by atoms with van der Waals surface area (Å²) in [5.41, 5.74) is 13.2. The first kappa shape index (κ1) is 84.2. The van der Waals surface area contributed by atoms with Crippen LogP contribution in [0.15, 0.2) is 276 Å². The van der Waals surface area contributed by atoms with E-state index in [-0.39, 0.29) is 79.3 Å². The Morgan fingerprint density at radius 1 is 0.394 bits per heavy atom. The van der Waals surface area contributed by atoms with Gasteiger partial charge < -0.3 is 104 Å². The van der Waals surface area contributed by atoms with E-state index >= 15 is 0 Å². The number of imidazole rings is 3. The number of pyridine rings is 6. The van der Waals surface area contributed by atoms with Crippen LogP contribution in [0.5, 0.6) is 0 Å². The highest BCUT2D eigenvalue weighted by Gasteiger charge is 2.26. The number of hydrogen-bond acceptors (Lipinski definition) is 10. The molecule has 20 nitrogen and oxygen atoms in total. The van der Waals surface area contributed by atoms with Gasteiger partial charge >= 0.3 is 15.2 Å². The van der Waals surface area contributed by atoms with Gasteiger partial charge in [-0.05, 0) is 103 Å². The summed E-state index contributed by atoms with van der Waals surface area (Å²) in [6, 6.07) is 49.4. The Labute approximate surface area is 621 Å². The van der Waals surface area contributed by atoms with Crippen LogP contribution in [0.2, 0.25) is 0 Å². The molecule has 12 rings (SSSR count). The number of halogens is 6. The third-order valence-electron chi connectivity index (χ3n) is 14.6. The van der Waals surface area contributed by atoms with Gasteiger partial charge in [-0.1, -0.05) is 15.9 Å². The second kappa shape index (κ2) is 42.2. The van der Waals surface area contributed by atoms with Gasteiger partial charge in [-0.2, -0.15) is 13.7 Å². The van der Waals surface area contributed by atoms with Crippen LogP contribution in [0.4, 0.5) is 0 Å². The Balaban J connectivity index is 0.000000292. The van der Waals surface area contributed by atoms with E-state index < -0.39 is 22.6 Å². The summed E-state index contributed by atoms with van der Waals surface area (Å²) in [5, 5.41) is 0.751. The Hall–Kier alpha value is -7.20. The van der Waals surface area contributed by atoms with E-state index in [1.165, 1.54) is 11.1 Å². The maximum absolute atomic E-state index is 12.6. The molecule has 0 aliphatic carbocycles. The molecule has 0 amide bonds. The molecule has 1 unspecified atom stereocenters. The molecular formula is C70H77Br2Cl4N12O8P3. The van der Waals surface area contributed by atoms with E-state index in [1.807, 2.05) is 160 Å². The number of alkyl halides is 1. The number of aromatic nitrogens is 12. The fourth-order valence-corrected chi connectivity index (χ4v) is 14.7. The smallest absolute Gasteiger partial charge is 0.337 e. The Morgan fingerprint density at radius 2 is 0.687 bits per heavy atom. The van der Waals surface area contributed by atoms with Gasteiger partial charge in [0.1, 0.15) is 12.3 Å². The molecule has 0 aliphatic rings. The Bertz CT molecular complexity index is 4340. The van der Waals surface area contributed by atoms with Crippen molar-refractivity contribution in [2.24, 2.45) is 0 Å². The summed E-state index contributed by atoms with van der Waals surface area (Å²) in [4.78, 5) is 34.3. The monoisotopic (exact) mass is 1600 g/mol. The highest BCUT2D eigenvalue weighted by atomic mass is 79.9. The van der Waals surface area contributed by atoms with Crippen molar-refractivity contribution in [3.8, 4) is 67.5 Å². The molecule has 522 valence electrons. The zero-order valence-corrected chi connectivity index (χ0v) is 63.5. The van der Waals surface area contributed by atoms with Crippen molar-refractivity contribution < 1.29 is 126 Å². The number of rotatable bonds is 23. The van der Waals surface area contributed by atoms with E-state index in [4.69, 9.17) is 23.4 Å². The van der Waals surface area contributed by atoms with E-state index in [0.29, 0.717) is 38.7 Å². The van der Waals surface area contributed by atoms with Crippen LogP contribution in [-0.4, -0.2) is 93.7 Å². The van der Waals surface area contributed by atoms with E-state index in [1.54, 1.807) is 48.8 Å². The first-order valence-electron chi connectivity index (χ1n) is 30.5. The number of hydrogen-bond donors (Lipinski definition) is 2. The molecule has 12 aromatic rings. The molecule has 9 aromatic heterocycles. The number of benzene rings is 3. The van der Waals surface area contributed by atoms with Crippen LogP contribution in [0.3, 0.4) is 0 Å². The maximum Gasteiger partial charge on any atom is 0.337 e. The molecule has 0 saturated carbocycles. The summed E-state index contributed by atoms with van der Waals surface area (Å²) in [7, 11) is -9.26. The summed E-state index contributed by atoms with van der Waals surface area (Å²) >= 11 is 3.20. The van der Waals surface area contributed by atoms with Crippen molar-refractivity contribution in [1.29, 1.82) is 0 Å². The SMILES string of the molecule is CCOP(=O)(CC[n+]1ccc(-c2cc[n+](-c3ccc(-n4ccnc4)cc3)cc2)cc1)OCC.CCOP(C)(=O)CCBr.O=P(O)(O)CC[n+]1ccc(-c2cc[n+](-c3ccc(-n4ccnc4)cc3)cc2)cc1.[Br-].[Cl-].[Cl-].[Cl-].[Cl-].c1cc(-c2cc[n+](-c3ccc(-n4ccnc4)cc3)cc2)ccn1. The van der Waals surface area contributed by atoms with Gasteiger partial charge in [0, 0.05) is 182 Å². The van der Waals surface area contributed by atoms with Gasteiger partial charge in [0.2, 0.25) is 24.4 Å². The third kappa shape index (κ3) is 26.0. The summed E-state index contributed by atoms with van der Waals surface area (Å²) in [6.07, 6.45) is 40.8. The molecule has 0 radical (unpaired) electrons. The first-order chi connectivity index (χ1) is 45.6. The fraction of sp³-hybridized carbons (Fsp3) is 0.186. The molecule has 2 N–H and O–H groups in total. The van der Waals surface area contributed by atoms with Gasteiger partial charge in [0.05, 0.1) is 38.8 Å². The molecule has 0 spiro atoms. The molecule has 3 aromatic carbocycles. The quantitative estimate of drug-likeness (QED) is 0.0379. The van der Waals surface area contributed by atoms with Crippen LogP contribution < -0.4 is 89.4 Å². The summed E-state index contributed by atoms with van der Waals surface area (Å²) in [6.45, 7) is 9.33. The fourth-order valence-electron chi connectivity index (χ4n) is 9.68. The van der Waals surface area contributed by atoms with E-state index in [0.717, 1.165) is 61.7 Å². The Morgan fingerprint density at radius 3 is 0.960 bits per heavy atom. The summed E-state index contributed by atoms with van der Waals surface area (Å²) in [5.74, 6) is 0.